The maximum absolute atomic E-state index is 12.3. The van der Waals surface area contributed by atoms with Crippen LogP contribution >= 0.6 is 0 Å². The molecule has 0 fully saturated rings. The first-order chi connectivity index (χ1) is 15.9. The minimum Gasteiger partial charge on any atom is -0.387 e. The second-order valence-corrected chi connectivity index (χ2v) is 7.55. The van der Waals surface area contributed by atoms with Crippen molar-refractivity contribution < 1.29 is 19.8 Å². The van der Waals surface area contributed by atoms with Gasteiger partial charge in [0, 0.05) is 24.5 Å². The van der Waals surface area contributed by atoms with Gasteiger partial charge in [-0.15, -0.1) is 0 Å². The number of urea groups is 2. The van der Waals surface area contributed by atoms with E-state index in [0.717, 1.165) is 5.56 Å². The van der Waals surface area contributed by atoms with Gasteiger partial charge in [0.2, 0.25) is 0 Å². The molecule has 0 aliphatic carbocycles. The van der Waals surface area contributed by atoms with E-state index in [1.165, 1.54) is 0 Å². The number of aliphatic hydroxyl groups excluding tert-OH is 2. The first kappa shape index (κ1) is 23.8. The predicted molar refractivity (Wildman–Crippen MR) is 128 cm³/mol. The van der Waals surface area contributed by atoms with Gasteiger partial charge in [0.1, 0.15) is 0 Å². The monoisotopic (exact) mass is 448 g/mol. The first-order valence-electron chi connectivity index (χ1n) is 10.6. The molecule has 8 nitrogen and oxygen atoms in total. The fourth-order valence-electron chi connectivity index (χ4n) is 3.14. The summed E-state index contributed by atoms with van der Waals surface area (Å²) < 4.78 is 0. The molecule has 33 heavy (non-hydrogen) atoms. The number of benzene rings is 3. The third-order valence-electron chi connectivity index (χ3n) is 5.02. The number of carbonyl (C=O) groups is 2. The van der Waals surface area contributed by atoms with Crippen LogP contribution in [0.5, 0.6) is 0 Å². The van der Waals surface area contributed by atoms with Crippen LogP contribution in [0.3, 0.4) is 0 Å². The van der Waals surface area contributed by atoms with Gasteiger partial charge in [-0.3, -0.25) is 0 Å². The number of hydrogen-bond acceptors (Lipinski definition) is 4. The lowest BCUT2D eigenvalue weighted by Gasteiger charge is -2.15. The Morgan fingerprint density at radius 2 is 1.21 bits per heavy atom. The van der Waals surface area contributed by atoms with Gasteiger partial charge in [-0.1, -0.05) is 66.7 Å². The fraction of sp³-hybridized carbons (Fsp3) is 0.200. The SMILES string of the molecule is Cc1ccc(NC(=O)NCC(O)c2ccccc2)cc1NC(=O)NCC(O)c1ccccc1. The van der Waals surface area contributed by atoms with Crippen molar-refractivity contribution in [1.82, 2.24) is 10.6 Å². The third-order valence-corrected chi connectivity index (χ3v) is 5.02. The summed E-state index contributed by atoms with van der Waals surface area (Å²) in [5.41, 5.74) is 3.22. The number of carbonyl (C=O) groups excluding carboxylic acids is 2. The van der Waals surface area contributed by atoms with Crippen LogP contribution in [-0.2, 0) is 0 Å². The maximum atomic E-state index is 12.3. The molecule has 0 aromatic heterocycles. The lowest BCUT2D eigenvalue weighted by molar-refractivity contribution is 0.175. The highest BCUT2D eigenvalue weighted by atomic mass is 16.3. The summed E-state index contributed by atoms with van der Waals surface area (Å²) in [5.74, 6) is 0. The molecule has 2 unspecified atom stereocenters. The predicted octanol–water partition coefficient (Wildman–Crippen LogP) is 3.71. The van der Waals surface area contributed by atoms with Crippen LogP contribution in [0.1, 0.15) is 28.9 Å². The van der Waals surface area contributed by atoms with E-state index < -0.39 is 24.3 Å². The van der Waals surface area contributed by atoms with E-state index in [2.05, 4.69) is 21.3 Å². The lowest BCUT2D eigenvalue weighted by atomic mass is 10.1. The molecule has 0 spiro atoms. The van der Waals surface area contributed by atoms with E-state index in [9.17, 15) is 19.8 Å². The summed E-state index contributed by atoms with van der Waals surface area (Å²) in [4.78, 5) is 24.5. The van der Waals surface area contributed by atoms with Gasteiger partial charge in [0.25, 0.3) is 0 Å². The highest BCUT2D eigenvalue weighted by molar-refractivity contribution is 5.93. The van der Waals surface area contributed by atoms with E-state index in [4.69, 9.17) is 0 Å². The number of aliphatic hydroxyl groups is 2. The summed E-state index contributed by atoms with van der Waals surface area (Å²) in [6.45, 7) is 1.94. The summed E-state index contributed by atoms with van der Waals surface area (Å²) >= 11 is 0. The molecule has 0 bridgehead atoms. The Labute approximate surface area is 192 Å². The van der Waals surface area contributed by atoms with E-state index >= 15 is 0 Å². The van der Waals surface area contributed by atoms with Crippen molar-refractivity contribution in [3.63, 3.8) is 0 Å². The van der Waals surface area contributed by atoms with Crippen LogP contribution in [-0.4, -0.2) is 35.4 Å². The van der Waals surface area contributed by atoms with Crippen LogP contribution in [0, 0.1) is 6.92 Å². The molecule has 2 atom stereocenters. The smallest absolute Gasteiger partial charge is 0.319 e. The molecule has 3 rings (SSSR count). The first-order valence-corrected chi connectivity index (χ1v) is 10.6. The van der Waals surface area contributed by atoms with Crippen molar-refractivity contribution in [2.45, 2.75) is 19.1 Å². The molecule has 3 aromatic rings. The van der Waals surface area contributed by atoms with Gasteiger partial charge in [-0.05, 0) is 35.7 Å². The van der Waals surface area contributed by atoms with Crippen molar-refractivity contribution in [3.8, 4) is 0 Å². The van der Waals surface area contributed by atoms with E-state index in [1.54, 1.807) is 42.5 Å². The number of anilines is 2. The van der Waals surface area contributed by atoms with Gasteiger partial charge >= 0.3 is 12.1 Å². The van der Waals surface area contributed by atoms with Crippen molar-refractivity contribution in [2.75, 3.05) is 23.7 Å². The Kier molecular flexibility index (Phi) is 8.40. The maximum Gasteiger partial charge on any atom is 0.319 e. The summed E-state index contributed by atoms with van der Waals surface area (Å²) in [6, 6.07) is 22.3. The van der Waals surface area contributed by atoms with Crippen LogP contribution in [0.25, 0.3) is 0 Å². The standard InChI is InChI=1S/C25H28N4O4/c1-17-12-13-20(28-24(32)26-15-22(30)18-8-4-2-5-9-18)14-21(17)29-25(33)27-16-23(31)19-10-6-3-7-11-19/h2-14,22-23,30-31H,15-16H2,1H3,(H2,26,28,32)(H2,27,29,33). The second-order valence-electron chi connectivity index (χ2n) is 7.55. The van der Waals surface area contributed by atoms with Crippen LogP contribution in [0.2, 0.25) is 0 Å². The number of amides is 4. The van der Waals surface area contributed by atoms with Gasteiger partial charge in [-0.2, -0.15) is 0 Å². The van der Waals surface area contributed by atoms with E-state index in [-0.39, 0.29) is 13.1 Å². The number of aryl methyl sites for hydroxylation is 1. The molecule has 0 saturated heterocycles. The zero-order chi connectivity index (χ0) is 23.6. The van der Waals surface area contributed by atoms with Crippen molar-refractivity contribution in [1.29, 1.82) is 0 Å². The summed E-state index contributed by atoms with van der Waals surface area (Å²) in [7, 11) is 0. The molecule has 3 aromatic carbocycles. The van der Waals surface area contributed by atoms with Crippen molar-refractivity contribution in [3.05, 3.63) is 95.6 Å². The molecule has 4 amide bonds. The average molecular weight is 449 g/mol. The molecule has 172 valence electrons. The summed E-state index contributed by atoms with van der Waals surface area (Å²) in [6.07, 6.45) is -1.64. The van der Waals surface area contributed by atoms with Crippen molar-refractivity contribution >= 4 is 23.4 Å². The minimum absolute atomic E-state index is 0.0545. The van der Waals surface area contributed by atoms with Crippen LogP contribution in [0.4, 0.5) is 21.0 Å². The van der Waals surface area contributed by atoms with Gasteiger partial charge in [0.15, 0.2) is 0 Å². The van der Waals surface area contributed by atoms with Gasteiger partial charge in [0.05, 0.1) is 12.2 Å². The molecule has 0 heterocycles. The highest BCUT2D eigenvalue weighted by Gasteiger charge is 2.12. The fourth-order valence-corrected chi connectivity index (χ4v) is 3.14. The average Bonchev–Trinajstić information content (AvgIpc) is 2.84. The number of hydrogen-bond donors (Lipinski definition) is 6. The van der Waals surface area contributed by atoms with E-state index in [1.807, 2.05) is 43.3 Å². The lowest BCUT2D eigenvalue weighted by Crippen LogP contribution is -2.33. The highest BCUT2D eigenvalue weighted by Crippen LogP contribution is 2.20. The molecular formula is C25H28N4O4. The Morgan fingerprint density at radius 1 is 0.727 bits per heavy atom. The number of rotatable bonds is 8. The molecule has 0 aliphatic heterocycles. The Hall–Kier alpha value is -3.88. The summed E-state index contributed by atoms with van der Waals surface area (Å²) in [5, 5.41) is 31.0. The van der Waals surface area contributed by atoms with Gasteiger partial charge < -0.3 is 31.5 Å². The molecule has 0 aliphatic rings. The van der Waals surface area contributed by atoms with Crippen molar-refractivity contribution in [2.24, 2.45) is 0 Å². The molecule has 0 saturated carbocycles. The third kappa shape index (κ3) is 7.34. The molecular weight excluding hydrogens is 420 g/mol. The van der Waals surface area contributed by atoms with Crippen LogP contribution in [0.15, 0.2) is 78.9 Å². The van der Waals surface area contributed by atoms with Gasteiger partial charge in [-0.25, -0.2) is 9.59 Å². The largest absolute Gasteiger partial charge is 0.387 e. The Bertz CT molecular complexity index is 1060. The molecule has 0 radical (unpaired) electrons. The Balaban J connectivity index is 1.50. The van der Waals surface area contributed by atoms with Crippen LogP contribution < -0.4 is 21.3 Å². The topological polar surface area (TPSA) is 123 Å². The zero-order valence-electron chi connectivity index (χ0n) is 18.3. The molecule has 8 heteroatoms. The number of nitrogens with one attached hydrogen (secondary N) is 4. The normalized spacial score (nSPS) is 12.3. The zero-order valence-corrected chi connectivity index (χ0v) is 18.3. The van der Waals surface area contributed by atoms with E-state index in [0.29, 0.717) is 22.5 Å². The second kappa shape index (κ2) is 11.7. The quantitative estimate of drug-likeness (QED) is 0.314. The minimum atomic E-state index is -0.819. The molecule has 6 N–H and O–H groups in total. The Morgan fingerprint density at radius 3 is 1.73 bits per heavy atom.